The third-order valence-corrected chi connectivity index (χ3v) is 5.68. The second kappa shape index (κ2) is 12.4. The summed E-state index contributed by atoms with van der Waals surface area (Å²) in [4.78, 5) is 31.9. The van der Waals surface area contributed by atoms with Gasteiger partial charge in [0.25, 0.3) is 0 Å². The number of aromatic amines is 2. The topological polar surface area (TPSA) is 133 Å². The Morgan fingerprint density at radius 3 is 1.53 bits per heavy atom. The first kappa shape index (κ1) is 25.5. The van der Waals surface area contributed by atoms with Crippen LogP contribution < -0.4 is 10.6 Å². The first-order valence-corrected chi connectivity index (χ1v) is 13.1. The van der Waals surface area contributed by atoms with Gasteiger partial charge in [-0.05, 0) is 39.2 Å². The number of fused-ring (bicyclic) bond motifs is 2. The molecule has 0 aliphatic heterocycles. The van der Waals surface area contributed by atoms with Crippen LogP contribution in [0.4, 0.5) is 11.6 Å². The highest BCUT2D eigenvalue weighted by atomic mass is 32.2. The molecule has 4 rings (SSSR count). The summed E-state index contributed by atoms with van der Waals surface area (Å²) in [5.74, 6) is 1.61. The van der Waals surface area contributed by atoms with Gasteiger partial charge >= 0.3 is 0 Å². The zero-order valence-corrected chi connectivity index (χ0v) is 21.5. The zero-order chi connectivity index (χ0) is 24.5. The molecule has 34 heavy (non-hydrogen) atoms. The first-order chi connectivity index (χ1) is 16.4. The number of nitrogens with zero attached hydrogens (tertiary/aromatic N) is 6. The molecule has 0 bridgehead atoms. The standard InChI is InChI=1S/2C11H15N5S/c2*1-7(2)4-5-12-9-8-10(14-6-13-8)16-11(15-9)17-3/h2*6H,1,4-5H2,2-3H3,(H2,12,13,14,15,16). The number of hydrogen-bond acceptors (Lipinski definition) is 10. The van der Waals surface area contributed by atoms with Gasteiger partial charge < -0.3 is 20.6 Å². The largest absolute Gasteiger partial charge is 0.368 e. The number of nitrogens with one attached hydrogen (secondary N) is 4. The van der Waals surface area contributed by atoms with Crippen LogP contribution >= 0.6 is 23.5 Å². The Balaban J connectivity index is 0.000000191. The number of anilines is 2. The monoisotopic (exact) mass is 498 g/mol. The van der Waals surface area contributed by atoms with Crippen molar-refractivity contribution >= 4 is 57.5 Å². The molecule has 4 N–H and O–H groups in total. The van der Waals surface area contributed by atoms with E-state index in [0.717, 1.165) is 70.1 Å². The van der Waals surface area contributed by atoms with Crippen LogP contribution in [0.2, 0.25) is 0 Å². The number of imidazole rings is 2. The van der Waals surface area contributed by atoms with Gasteiger partial charge in [-0.2, -0.15) is 0 Å². The SMILES string of the molecule is C=C(C)CCNc1nc(SC)nc2nc[nH]c12.C=C(C)CCNc1nc(SC)nc2nc[nH]c12. The number of thioether (sulfide) groups is 2. The van der Waals surface area contributed by atoms with Crippen molar-refractivity contribution < 1.29 is 0 Å². The molecule has 0 amide bonds. The predicted molar refractivity (Wildman–Crippen MR) is 143 cm³/mol. The molecule has 0 radical (unpaired) electrons. The molecule has 0 aliphatic rings. The molecule has 0 fully saturated rings. The number of hydrogen-bond donors (Lipinski definition) is 4. The van der Waals surface area contributed by atoms with E-state index in [4.69, 9.17) is 0 Å². The van der Waals surface area contributed by atoms with Crippen LogP contribution in [0.15, 0.2) is 47.3 Å². The maximum absolute atomic E-state index is 4.43. The quantitative estimate of drug-likeness (QED) is 0.136. The molecule has 4 heterocycles. The first-order valence-electron chi connectivity index (χ1n) is 10.7. The molecule has 10 nitrogen and oxygen atoms in total. The van der Waals surface area contributed by atoms with Crippen LogP contribution in [0.3, 0.4) is 0 Å². The molecule has 4 aromatic heterocycles. The molecule has 4 aromatic rings. The van der Waals surface area contributed by atoms with Crippen molar-refractivity contribution in [2.45, 2.75) is 37.0 Å². The minimum Gasteiger partial charge on any atom is -0.368 e. The maximum Gasteiger partial charge on any atom is 0.191 e. The van der Waals surface area contributed by atoms with Gasteiger partial charge in [0.05, 0.1) is 12.7 Å². The highest BCUT2D eigenvalue weighted by Crippen LogP contribution is 2.21. The fourth-order valence-corrected chi connectivity index (χ4v) is 3.57. The van der Waals surface area contributed by atoms with Gasteiger partial charge in [0.2, 0.25) is 0 Å². The van der Waals surface area contributed by atoms with Crippen LogP contribution in [-0.2, 0) is 0 Å². The molecule has 0 atom stereocenters. The predicted octanol–water partition coefficient (Wildman–Crippen LogP) is 4.91. The van der Waals surface area contributed by atoms with Gasteiger partial charge in [-0.3, -0.25) is 0 Å². The van der Waals surface area contributed by atoms with Gasteiger partial charge in [0.1, 0.15) is 11.0 Å². The van der Waals surface area contributed by atoms with Crippen molar-refractivity contribution in [3.8, 4) is 0 Å². The highest BCUT2D eigenvalue weighted by molar-refractivity contribution is 7.98. The lowest BCUT2D eigenvalue weighted by molar-refractivity contribution is 0.953. The summed E-state index contributed by atoms with van der Waals surface area (Å²) in [6.45, 7) is 13.4. The number of H-pyrrole nitrogens is 2. The van der Waals surface area contributed by atoms with E-state index in [1.54, 1.807) is 12.7 Å². The number of rotatable bonds is 10. The molecule has 0 spiro atoms. The molecule has 0 saturated heterocycles. The van der Waals surface area contributed by atoms with Gasteiger partial charge in [-0.1, -0.05) is 34.7 Å². The maximum atomic E-state index is 4.43. The molecule has 180 valence electrons. The van der Waals surface area contributed by atoms with E-state index in [0.29, 0.717) is 11.3 Å². The lowest BCUT2D eigenvalue weighted by atomic mass is 10.2. The molecule has 0 aromatic carbocycles. The Kier molecular flexibility index (Phi) is 9.28. The summed E-state index contributed by atoms with van der Waals surface area (Å²) >= 11 is 3.01. The summed E-state index contributed by atoms with van der Waals surface area (Å²) < 4.78 is 0. The van der Waals surface area contributed by atoms with Crippen molar-refractivity contribution in [1.82, 2.24) is 39.9 Å². The van der Waals surface area contributed by atoms with Crippen molar-refractivity contribution in [2.75, 3.05) is 36.2 Å². The molecule has 0 aliphatic carbocycles. The second-order valence-corrected chi connectivity index (χ2v) is 9.13. The molecular formula is C22H30N10S2. The Morgan fingerprint density at radius 1 is 0.765 bits per heavy atom. The average Bonchev–Trinajstić information content (AvgIpc) is 3.48. The van der Waals surface area contributed by atoms with Gasteiger partial charge in [0.15, 0.2) is 33.2 Å². The summed E-state index contributed by atoms with van der Waals surface area (Å²) in [5, 5.41) is 8.02. The summed E-state index contributed by atoms with van der Waals surface area (Å²) in [6, 6.07) is 0. The Hall–Kier alpha value is -3.12. The van der Waals surface area contributed by atoms with E-state index < -0.39 is 0 Å². The van der Waals surface area contributed by atoms with Crippen LogP contribution in [-0.4, -0.2) is 65.5 Å². The van der Waals surface area contributed by atoms with Crippen molar-refractivity contribution in [1.29, 1.82) is 0 Å². The lowest BCUT2D eigenvalue weighted by Gasteiger charge is -2.07. The van der Waals surface area contributed by atoms with Crippen molar-refractivity contribution in [3.05, 3.63) is 37.0 Å². The second-order valence-electron chi connectivity index (χ2n) is 7.59. The molecule has 0 saturated carbocycles. The fourth-order valence-electron chi connectivity index (χ4n) is 2.85. The Morgan fingerprint density at radius 2 is 1.18 bits per heavy atom. The lowest BCUT2D eigenvalue weighted by Crippen LogP contribution is -2.05. The smallest absolute Gasteiger partial charge is 0.191 e. The van der Waals surface area contributed by atoms with Gasteiger partial charge in [-0.15, -0.1) is 13.2 Å². The molecule has 0 unspecified atom stereocenters. The summed E-state index contributed by atoms with van der Waals surface area (Å²) in [6.07, 6.45) is 9.01. The van der Waals surface area contributed by atoms with Crippen molar-refractivity contribution in [3.63, 3.8) is 0 Å². The minimum absolute atomic E-state index is 0.696. The van der Waals surface area contributed by atoms with Crippen LogP contribution in [0, 0.1) is 0 Å². The van der Waals surface area contributed by atoms with E-state index in [2.05, 4.69) is 63.7 Å². The normalized spacial score (nSPS) is 10.7. The third kappa shape index (κ3) is 6.94. The highest BCUT2D eigenvalue weighted by Gasteiger charge is 2.09. The van der Waals surface area contributed by atoms with Crippen LogP contribution in [0.5, 0.6) is 0 Å². The third-order valence-electron chi connectivity index (χ3n) is 4.58. The van der Waals surface area contributed by atoms with Gasteiger partial charge in [-0.25, -0.2) is 29.9 Å². The van der Waals surface area contributed by atoms with Crippen molar-refractivity contribution in [2.24, 2.45) is 0 Å². The van der Waals surface area contributed by atoms with E-state index in [1.807, 2.05) is 26.4 Å². The van der Waals surface area contributed by atoms with E-state index in [-0.39, 0.29) is 0 Å². The number of aromatic nitrogens is 8. The van der Waals surface area contributed by atoms with Crippen LogP contribution in [0.25, 0.3) is 22.3 Å². The van der Waals surface area contributed by atoms with E-state index in [9.17, 15) is 0 Å². The zero-order valence-electron chi connectivity index (χ0n) is 19.9. The molecular weight excluding hydrogens is 468 g/mol. The average molecular weight is 499 g/mol. The molecule has 12 heteroatoms. The van der Waals surface area contributed by atoms with Gasteiger partial charge in [0, 0.05) is 13.1 Å². The van der Waals surface area contributed by atoms with E-state index >= 15 is 0 Å². The summed E-state index contributed by atoms with van der Waals surface area (Å²) in [5.41, 5.74) is 5.40. The van der Waals surface area contributed by atoms with E-state index in [1.165, 1.54) is 23.5 Å². The fraction of sp³-hybridized carbons (Fsp3) is 0.364. The summed E-state index contributed by atoms with van der Waals surface area (Å²) in [7, 11) is 0. The van der Waals surface area contributed by atoms with Crippen LogP contribution in [0.1, 0.15) is 26.7 Å². The Bertz CT molecular complexity index is 1170. The minimum atomic E-state index is 0.696. The Labute approximate surface area is 207 Å².